The summed E-state index contributed by atoms with van der Waals surface area (Å²) in [7, 11) is 0. The van der Waals surface area contributed by atoms with E-state index in [1.807, 2.05) is 32.0 Å². The highest BCUT2D eigenvalue weighted by Gasteiger charge is 2.18. The molecule has 0 aliphatic heterocycles. The molecule has 134 valence electrons. The van der Waals surface area contributed by atoms with Gasteiger partial charge >= 0.3 is 0 Å². The number of aryl methyl sites for hydroxylation is 3. The Morgan fingerprint density at radius 1 is 1.20 bits per heavy atom. The summed E-state index contributed by atoms with van der Waals surface area (Å²) >= 11 is 0. The normalized spacial score (nSPS) is 12.2. The zero-order chi connectivity index (χ0) is 18.6. The van der Waals surface area contributed by atoms with E-state index in [9.17, 15) is 9.59 Å². The van der Waals surface area contributed by atoms with E-state index < -0.39 is 0 Å². The maximum absolute atomic E-state index is 12.7. The summed E-state index contributed by atoms with van der Waals surface area (Å²) < 4.78 is 1.63. The lowest BCUT2D eigenvalue weighted by molar-refractivity contribution is 0.0937. The van der Waals surface area contributed by atoms with Gasteiger partial charge in [-0.1, -0.05) is 19.9 Å². The summed E-state index contributed by atoms with van der Waals surface area (Å²) in [5.41, 5.74) is 2.52. The summed E-state index contributed by atoms with van der Waals surface area (Å²) in [4.78, 5) is 29.6. The van der Waals surface area contributed by atoms with Crippen LogP contribution in [0.25, 0.3) is 0 Å². The molecule has 5 heteroatoms. The predicted molar refractivity (Wildman–Crippen MR) is 99.7 cm³/mol. The number of carbonyl (C=O) groups excluding carboxylic acids is 1. The van der Waals surface area contributed by atoms with Crippen LogP contribution in [-0.4, -0.2) is 15.5 Å². The number of hydrogen-bond donors (Lipinski definition) is 1. The van der Waals surface area contributed by atoms with Gasteiger partial charge in [-0.15, -0.1) is 0 Å². The van der Waals surface area contributed by atoms with E-state index in [1.165, 1.54) is 0 Å². The summed E-state index contributed by atoms with van der Waals surface area (Å²) in [5, 5.41) is 2.91. The third-order valence-electron chi connectivity index (χ3n) is 4.33. The van der Waals surface area contributed by atoms with Gasteiger partial charge < -0.3 is 9.88 Å². The van der Waals surface area contributed by atoms with Gasteiger partial charge in [0.15, 0.2) is 0 Å². The monoisotopic (exact) mass is 341 g/mol. The molecule has 2 aromatic heterocycles. The molecule has 0 radical (unpaired) electrons. The van der Waals surface area contributed by atoms with Crippen molar-refractivity contribution in [3.05, 3.63) is 63.3 Å². The highest BCUT2D eigenvalue weighted by Crippen LogP contribution is 2.13. The number of amides is 1. The Hall–Kier alpha value is -2.43. The molecule has 5 nitrogen and oxygen atoms in total. The van der Waals surface area contributed by atoms with E-state index in [1.54, 1.807) is 23.9 Å². The zero-order valence-corrected chi connectivity index (χ0v) is 15.7. The first-order valence-corrected chi connectivity index (χ1v) is 8.73. The lowest BCUT2D eigenvalue weighted by atomic mass is 10.1. The second kappa shape index (κ2) is 8.10. The standard InChI is InChI=1S/C20H27N3O2/c1-13(2)8-10-23-11-9-14(3)18(20(23)25)19(24)22-16(5)17-7-6-15(4)21-12-17/h6-7,9,11-13,16H,8,10H2,1-5H3,(H,22,24). The molecule has 2 heterocycles. The van der Waals surface area contributed by atoms with Gasteiger partial charge in [-0.25, -0.2) is 0 Å². The van der Waals surface area contributed by atoms with Crippen LogP contribution in [0, 0.1) is 19.8 Å². The molecule has 1 atom stereocenters. The van der Waals surface area contributed by atoms with Gasteiger partial charge in [-0.05, 0) is 56.4 Å². The Morgan fingerprint density at radius 2 is 1.92 bits per heavy atom. The van der Waals surface area contributed by atoms with Gasteiger partial charge in [0.05, 0.1) is 6.04 Å². The fraction of sp³-hybridized carbons (Fsp3) is 0.450. The minimum atomic E-state index is -0.338. The average Bonchev–Trinajstić information content (AvgIpc) is 2.54. The Morgan fingerprint density at radius 3 is 2.52 bits per heavy atom. The highest BCUT2D eigenvalue weighted by atomic mass is 16.2. The molecule has 0 saturated heterocycles. The van der Waals surface area contributed by atoms with Crippen LogP contribution in [0.3, 0.4) is 0 Å². The molecular weight excluding hydrogens is 314 g/mol. The van der Waals surface area contributed by atoms with Crippen LogP contribution in [0.1, 0.15) is 60.4 Å². The maximum atomic E-state index is 12.7. The van der Waals surface area contributed by atoms with Crippen LogP contribution in [0.2, 0.25) is 0 Å². The van der Waals surface area contributed by atoms with Crippen LogP contribution < -0.4 is 10.9 Å². The Bertz CT molecular complexity index is 792. The van der Waals surface area contributed by atoms with Crippen molar-refractivity contribution in [2.75, 3.05) is 0 Å². The number of nitrogens with one attached hydrogen (secondary N) is 1. The molecular formula is C20H27N3O2. The van der Waals surface area contributed by atoms with Crippen molar-refractivity contribution in [3.63, 3.8) is 0 Å². The third kappa shape index (κ3) is 4.78. The second-order valence-corrected chi connectivity index (χ2v) is 6.98. The molecule has 0 spiro atoms. The summed E-state index contributed by atoms with van der Waals surface area (Å²) in [6.07, 6.45) is 4.42. The maximum Gasteiger partial charge on any atom is 0.263 e. The van der Waals surface area contributed by atoms with Gasteiger partial charge in [0.1, 0.15) is 5.56 Å². The number of aromatic nitrogens is 2. The number of nitrogens with zero attached hydrogens (tertiary/aromatic N) is 2. The number of hydrogen-bond acceptors (Lipinski definition) is 3. The van der Waals surface area contributed by atoms with Crippen molar-refractivity contribution in [2.24, 2.45) is 5.92 Å². The van der Waals surface area contributed by atoms with E-state index in [-0.39, 0.29) is 23.1 Å². The Balaban J connectivity index is 2.21. The molecule has 0 saturated carbocycles. The fourth-order valence-corrected chi connectivity index (χ4v) is 2.60. The van der Waals surface area contributed by atoms with Gasteiger partial charge in [0.2, 0.25) is 0 Å². The third-order valence-corrected chi connectivity index (χ3v) is 4.33. The lowest BCUT2D eigenvalue weighted by Gasteiger charge is -2.16. The molecule has 1 amide bonds. The van der Waals surface area contributed by atoms with Crippen molar-refractivity contribution in [1.29, 1.82) is 0 Å². The minimum Gasteiger partial charge on any atom is -0.345 e. The SMILES string of the molecule is Cc1ccc(C(C)NC(=O)c2c(C)ccn(CCC(C)C)c2=O)cn1. The molecule has 0 aliphatic rings. The Kier molecular flexibility index (Phi) is 6.12. The summed E-state index contributed by atoms with van der Waals surface area (Å²) in [6, 6.07) is 5.45. The quantitative estimate of drug-likeness (QED) is 0.876. The first-order chi connectivity index (χ1) is 11.8. The molecule has 1 unspecified atom stereocenters. The Labute approximate surface area is 149 Å². The highest BCUT2D eigenvalue weighted by molar-refractivity contribution is 5.95. The average molecular weight is 341 g/mol. The zero-order valence-electron chi connectivity index (χ0n) is 15.7. The van der Waals surface area contributed by atoms with Crippen molar-refractivity contribution < 1.29 is 4.79 Å². The van der Waals surface area contributed by atoms with E-state index in [0.29, 0.717) is 18.0 Å². The van der Waals surface area contributed by atoms with E-state index in [2.05, 4.69) is 24.1 Å². The molecule has 2 aromatic rings. The van der Waals surface area contributed by atoms with Crippen molar-refractivity contribution in [2.45, 2.75) is 53.6 Å². The van der Waals surface area contributed by atoms with Crippen LogP contribution in [0.15, 0.2) is 35.4 Å². The molecule has 0 aliphatic carbocycles. The largest absolute Gasteiger partial charge is 0.345 e. The molecule has 0 aromatic carbocycles. The molecule has 2 rings (SSSR count). The van der Waals surface area contributed by atoms with Gasteiger partial charge in [-0.2, -0.15) is 0 Å². The summed E-state index contributed by atoms with van der Waals surface area (Å²) in [6.45, 7) is 10.4. The minimum absolute atomic E-state index is 0.219. The van der Waals surface area contributed by atoms with Crippen LogP contribution in [0.5, 0.6) is 0 Å². The second-order valence-electron chi connectivity index (χ2n) is 6.98. The molecule has 25 heavy (non-hydrogen) atoms. The van der Waals surface area contributed by atoms with E-state index in [0.717, 1.165) is 17.7 Å². The van der Waals surface area contributed by atoms with Gasteiger partial charge in [-0.3, -0.25) is 14.6 Å². The van der Waals surface area contributed by atoms with Gasteiger partial charge in [0, 0.05) is 24.6 Å². The molecule has 0 fully saturated rings. The van der Waals surface area contributed by atoms with Crippen LogP contribution in [-0.2, 0) is 6.54 Å². The summed E-state index contributed by atoms with van der Waals surface area (Å²) in [5.74, 6) is 0.161. The first-order valence-electron chi connectivity index (χ1n) is 8.73. The van der Waals surface area contributed by atoms with Crippen molar-refractivity contribution in [1.82, 2.24) is 14.9 Å². The number of pyridine rings is 2. The molecule has 1 N–H and O–H groups in total. The van der Waals surface area contributed by atoms with Crippen molar-refractivity contribution >= 4 is 5.91 Å². The first kappa shape index (κ1) is 18.9. The smallest absolute Gasteiger partial charge is 0.263 e. The van der Waals surface area contributed by atoms with Crippen LogP contribution >= 0.6 is 0 Å². The van der Waals surface area contributed by atoms with E-state index in [4.69, 9.17) is 0 Å². The fourth-order valence-electron chi connectivity index (χ4n) is 2.60. The van der Waals surface area contributed by atoms with Crippen molar-refractivity contribution in [3.8, 4) is 0 Å². The predicted octanol–water partition coefficient (Wildman–Crippen LogP) is 3.40. The van der Waals surface area contributed by atoms with E-state index >= 15 is 0 Å². The topological polar surface area (TPSA) is 64.0 Å². The lowest BCUT2D eigenvalue weighted by Crippen LogP contribution is -2.35. The number of rotatable bonds is 6. The van der Waals surface area contributed by atoms with Crippen LogP contribution in [0.4, 0.5) is 0 Å². The number of carbonyl (C=O) groups is 1. The van der Waals surface area contributed by atoms with Gasteiger partial charge in [0.25, 0.3) is 11.5 Å². The molecule has 0 bridgehead atoms.